The minimum Gasteiger partial charge on any atom is -0.445 e. The van der Waals surface area contributed by atoms with E-state index < -0.39 is 18.2 Å². The molecule has 9 nitrogen and oxygen atoms in total. The first-order valence-electron chi connectivity index (χ1n) is 14.2. The number of pyridine rings is 1. The number of anilines is 1. The summed E-state index contributed by atoms with van der Waals surface area (Å²) in [5.74, 6) is 0.376. The number of hydrogen-bond acceptors (Lipinski definition) is 6. The first kappa shape index (κ1) is 27.4. The summed E-state index contributed by atoms with van der Waals surface area (Å²) in [6, 6.07) is 15.8. The maximum atomic E-state index is 13.6. The Morgan fingerprint density at radius 1 is 1.00 bits per heavy atom. The Bertz CT molecular complexity index is 1340. The standard InChI is InChI=1S/C31H37N5O4/c32-28-25-17-23(11-12-24(25)13-15-33-28)19-34-29(37)27-14-16-36(27)30(38)26(18-21-7-3-1-4-8-21)35-31(39)40-20-22-9-5-2-6-10-22/h2,5-6,9-13,15,17,21,26-27H,1,3-4,7-8,14,16,18-20H2,(H2,32,33)(H,34,37)(H,35,39). The average Bonchev–Trinajstić information content (AvgIpc) is 2.95. The van der Waals surface area contributed by atoms with Gasteiger partial charge in [-0.1, -0.05) is 74.6 Å². The largest absolute Gasteiger partial charge is 0.445 e. The van der Waals surface area contributed by atoms with E-state index in [-0.39, 0.29) is 18.4 Å². The van der Waals surface area contributed by atoms with Crippen LogP contribution in [0.5, 0.6) is 0 Å². The predicted octanol–water partition coefficient (Wildman–Crippen LogP) is 4.30. The Morgan fingerprint density at radius 3 is 2.55 bits per heavy atom. The van der Waals surface area contributed by atoms with Crippen molar-refractivity contribution in [3.8, 4) is 0 Å². The van der Waals surface area contributed by atoms with E-state index in [4.69, 9.17) is 10.5 Å². The smallest absolute Gasteiger partial charge is 0.408 e. The van der Waals surface area contributed by atoms with E-state index in [1.165, 1.54) is 6.42 Å². The number of carbonyl (C=O) groups excluding carboxylic acids is 3. The van der Waals surface area contributed by atoms with Gasteiger partial charge in [0.2, 0.25) is 11.8 Å². The summed E-state index contributed by atoms with van der Waals surface area (Å²) in [6.07, 6.45) is 7.74. The number of rotatable bonds is 9. The highest BCUT2D eigenvalue weighted by Gasteiger charge is 2.41. The molecule has 2 heterocycles. The van der Waals surface area contributed by atoms with Gasteiger partial charge in [-0.2, -0.15) is 0 Å². The minimum absolute atomic E-state index is 0.127. The number of nitrogens with two attached hydrogens (primary N) is 1. The molecule has 0 spiro atoms. The number of nitrogens with one attached hydrogen (secondary N) is 2. The van der Waals surface area contributed by atoms with Crippen LogP contribution in [-0.2, 0) is 27.5 Å². The van der Waals surface area contributed by atoms with Crippen molar-refractivity contribution in [3.63, 3.8) is 0 Å². The predicted molar refractivity (Wildman–Crippen MR) is 153 cm³/mol. The second-order valence-corrected chi connectivity index (χ2v) is 10.8. The van der Waals surface area contributed by atoms with Crippen LogP contribution in [0.2, 0.25) is 0 Å². The monoisotopic (exact) mass is 543 g/mol. The maximum Gasteiger partial charge on any atom is 0.408 e. The van der Waals surface area contributed by atoms with Gasteiger partial charge < -0.3 is 26.0 Å². The van der Waals surface area contributed by atoms with Crippen molar-refractivity contribution >= 4 is 34.5 Å². The molecule has 40 heavy (non-hydrogen) atoms. The molecule has 2 aliphatic rings. The molecule has 0 bridgehead atoms. The van der Waals surface area contributed by atoms with Crippen molar-refractivity contribution < 1.29 is 19.1 Å². The van der Waals surface area contributed by atoms with Crippen LogP contribution in [0.1, 0.15) is 56.1 Å². The van der Waals surface area contributed by atoms with Gasteiger partial charge in [0, 0.05) is 24.7 Å². The third kappa shape index (κ3) is 6.70. The van der Waals surface area contributed by atoms with Crippen LogP contribution in [-0.4, -0.2) is 46.4 Å². The van der Waals surface area contributed by atoms with E-state index >= 15 is 0 Å². The van der Waals surface area contributed by atoms with Crippen molar-refractivity contribution in [3.05, 3.63) is 71.9 Å². The molecule has 1 aromatic heterocycles. The van der Waals surface area contributed by atoms with E-state index in [1.807, 2.05) is 54.6 Å². The van der Waals surface area contributed by atoms with Gasteiger partial charge in [0.15, 0.2) is 0 Å². The van der Waals surface area contributed by atoms with Gasteiger partial charge in [-0.3, -0.25) is 9.59 Å². The molecule has 210 valence electrons. The third-order valence-electron chi connectivity index (χ3n) is 8.03. The van der Waals surface area contributed by atoms with Crippen molar-refractivity contribution in [2.24, 2.45) is 5.92 Å². The van der Waals surface area contributed by atoms with Crippen LogP contribution in [0.25, 0.3) is 10.8 Å². The van der Waals surface area contributed by atoms with Gasteiger partial charge in [0.1, 0.15) is 24.5 Å². The topological polar surface area (TPSA) is 127 Å². The normalized spacial score (nSPS) is 18.0. The number of nitrogens with zero attached hydrogens (tertiary/aromatic N) is 2. The number of carbonyl (C=O) groups is 3. The molecule has 5 rings (SSSR count). The number of fused-ring (bicyclic) bond motifs is 1. The number of nitrogen functional groups attached to an aromatic ring is 1. The molecular formula is C31H37N5O4. The number of aromatic nitrogens is 1. The Labute approximate surface area is 234 Å². The molecular weight excluding hydrogens is 506 g/mol. The van der Waals surface area contributed by atoms with Gasteiger partial charge in [-0.05, 0) is 47.4 Å². The van der Waals surface area contributed by atoms with Crippen molar-refractivity contribution in [1.29, 1.82) is 0 Å². The molecule has 4 N–H and O–H groups in total. The van der Waals surface area contributed by atoms with Crippen LogP contribution in [0.4, 0.5) is 10.6 Å². The molecule has 1 saturated carbocycles. The maximum absolute atomic E-state index is 13.6. The number of likely N-dealkylation sites (tertiary alicyclic amines) is 1. The summed E-state index contributed by atoms with van der Waals surface area (Å²) < 4.78 is 5.42. The first-order chi connectivity index (χ1) is 19.5. The third-order valence-corrected chi connectivity index (χ3v) is 8.03. The minimum atomic E-state index is -0.724. The zero-order chi connectivity index (χ0) is 27.9. The van der Waals surface area contributed by atoms with Gasteiger partial charge in [-0.25, -0.2) is 9.78 Å². The first-order valence-corrected chi connectivity index (χ1v) is 14.2. The molecule has 0 radical (unpaired) electrons. The molecule has 2 fully saturated rings. The van der Waals surface area contributed by atoms with Gasteiger partial charge in [-0.15, -0.1) is 0 Å². The Morgan fingerprint density at radius 2 is 1.80 bits per heavy atom. The Kier molecular flexibility index (Phi) is 8.78. The zero-order valence-electron chi connectivity index (χ0n) is 22.7. The molecule has 3 aromatic rings. The van der Waals surface area contributed by atoms with Gasteiger partial charge >= 0.3 is 6.09 Å². The van der Waals surface area contributed by atoms with Crippen LogP contribution in [0, 0.1) is 5.92 Å². The lowest BCUT2D eigenvalue weighted by Crippen LogP contribution is -2.62. The van der Waals surface area contributed by atoms with Crippen molar-refractivity contribution in [1.82, 2.24) is 20.5 Å². The molecule has 3 amide bonds. The molecule has 2 aromatic carbocycles. The van der Waals surface area contributed by atoms with Crippen LogP contribution in [0.3, 0.4) is 0 Å². The molecule has 2 atom stereocenters. The lowest BCUT2D eigenvalue weighted by atomic mass is 9.84. The summed E-state index contributed by atoms with van der Waals surface area (Å²) in [7, 11) is 0. The number of ether oxygens (including phenoxy) is 1. The molecule has 9 heteroatoms. The molecule has 1 saturated heterocycles. The summed E-state index contributed by atoms with van der Waals surface area (Å²) in [6.45, 7) is 0.927. The summed E-state index contributed by atoms with van der Waals surface area (Å²) in [5, 5.41) is 7.61. The molecule has 1 aliphatic heterocycles. The van der Waals surface area contributed by atoms with E-state index in [0.717, 1.165) is 47.6 Å². The fraction of sp³-hybridized carbons (Fsp3) is 0.419. The fourth-order valence-corrected chi connectivity index (χ4v) is 5.66. The van der Waals surface area contributed by atoms with E-state index in [9.17, 15) is 14.4 Å². The average molecular weight is 544 g/mol. The van der Waals surface area contributed by atoms with Crippen molar-refractivity contribution in [2.45, 2.75) is 70.2 Å². The van der Waals surface area contributed by atoms with E-state index in [0.29, 0.717) is 37.7 Å². The number of alkyl carbamates (subject to hydrolysis) is 1. The Hall–Kier alpha value is -4.14. The van der Waals surface area contributed by atoms with E-state index in [1.54, 1.807) is 11.1 Å². The SMILES string of the molecule is Nc1nccc2ccc(CNC(=O)C3CCN3C(=O)C(CC3CCCCC3)NC(=O)OCc3ccccc3)cc12. The van der Waals surface area contributed by atoms with Crippen LogP contribution in [0.15, 0.2) is 60.8 Å². The lowest BCUT2D eigenvalue weighted by Gasteiger charge is -2.42. The van der Waals surface area contributed by atoms with E-state index in [2.05, 4.69) is 15.6 Å². The number of benzene rings is 2. The second kappa shape index (κ2) is 12.8. The Balaban J connectivity index is 1.20. The zero-order valence-corrected chi connectivity index (χ0v) is 22.7. The molecule has 2 unspecified atom stereocenters. The fourth-order valence-electron chi connectivity index (χ4n) is 5.66. The second-order valence-electron chi connectivity index (χ2n) is 10.8. The number of amides is 3. The van der Waals surface area contributed by atoms with Gasteiger partial charge in [0.25, 0.3) is 0 Å². The highest BCUT2D eigenvalue weighted by atomic mass is 16.5. The van der Waals surface area contributed by atoms with Crippen LogP contribution >= 0.6 is 0 Å². The van der Waals surface area contributed by atoms with Crippen molar-refractivity contribution in [2.75, 3.05) is 12.3 Å². The number of hydrogen-bond donors (Lipinski definition) is 3. The summed E-state index contributed by atoms with van der Waals surface area (Å²) in [5.41, 5.74) is 7.78. The summed E-state index contributed by atoms with van der Waals surface area (Å²) in [4.78, 5) is 45.1. The lowest BCUT2D eigenvalue weighted by molar-refractivity contribution is -0.149. The highest BCUT2D eigenvalue weighted by molar-refractivity contribution is 5.93. The highest BCUT2D eigenvalue weighted by Crippen LogP contribution is 2.29. The quantitative estimate of drug-likeness (QED) is 0.369. The summed E-state index contributed by atoms with van der Waals surface area (Å²) >= 11 is 0. The molecule has 1 aliphatic carbocycles. The van der Waals surface area contributed by atoms with Gasteiger partial charge in [0.05, 0.1) is 0 Å². The van der Waals surface area contributed by atoms with Crippen LogP contribution < -0.4 is 16.4 Å².